The minimum atomic E-state index is -4.57. The van der Waals surface area contributed by atoms with E-state index in [9.17, 15) is 22.4 Å². The molecule has 3 aromatic rings. The number of ether oxygens (including phenoxy) is 2. The number of pyridine rings is 2. The third-order valence-corrected chi connectivity index (χ3v) is 6.13. The van der Waals surface area contributed by atoms with E-state index in [0.29, 0.717) is 29.8 Å². The van der Waals surface area contributed by atoms with Gasteiger partial charge in [-0.25, -0.2) is 9.37 Å². The molecule has 0 radical (unpaired) electrons. The molecule has 0 unspecified atom stereocenters. The van der Waals surface area contributed by atoms with E-state index in [0.717, 1.165) is 24.1 Å². The summed E-state index contributed by atoms with van der Waals surface area (Å²) in [5.74, 6) is 0.303. The van der Waals surface area contributed by atoms with Gasteiger partial charge >= 0.3 is 6.18 Å². The van der Waals surface area contributed by atoms with Gasteiger partial charge in [-0.2, -0.15) is 13.2 Å². The fourth-order valence-electron chi connectivity index (χ4n) is 3.96. The Bertz CT molecular complexity index is 1300. The van der Waals surface area contributed by atoms with Gasteiger partial charge in [0.15, 0.2) is 11.6 Å². The van der Waals surface area contributed by atoms with Crippen molar-refractivity contribution in [3.63, 3.8) is 0 Å². The van der Waals surface area contributed by atoms with Gasteiger partial charge in [-0.1, -0.05) is 13.0 Å². The average Bonchev–Trinajstić information content (AvgIpc) is 3.03. The number of fused-ring (bicyclic) bond motifs is 1. The molecule has 0 spiro atoms. The second-order valence-electron chi connectivity index (χ2n) is 8.99. The van der Waals surface area contributed by atoms with E-state index < -0.39 is 17.7 Å². The van der Waals surface area contributed by atoms with Crippen LogP contribution in [0.5, 0.6) is 17.2 Å². The minimum absolute atomic E-state index is 0.0159. The van der Waals surface area contributed by atoms with Gasteiger partial charge in [0.25, 0.3) is 5.56 Å². The SMILES string of the molecule is CCc1c(OCc2ccc(Oc3ccc(C(F)(F)F)nc3)c(F)c2)cc2n(c1=O)CC(C)(C)N2C. The summed E-state index contributed by atoms with van der Waals surface area (Å²) in [6, 6.07) is 7.83. The summed E-state index contributed by atoms with van der Waals surface area (Å²) in [5, 5.41) is 0. The van der Waals surface area contributed by atoms with Crippen LogP contribution in [-0.4, -0.2) is 22.1 Å². The zero-order valence-corrected chi connectivity index (χ0v) is 19.7. The van der Waals surface area contributed by atoms with Crippen LogP contribution in [0.4, 0.5) is 23.4 Å². The van der Waals surface area contributed by atoms with Crippen molar-refractivity contribution in [2.24, 2.45) is 0 Å². The molecule has 35 heavy (non-hydrogen) atoms. The molecule has 4 rings (SSSR count). The predicted molar refractivity (Wildman–Crippen MR) is 123 cm³/mol. The van der Waals surface area contributed by atoms with Gasteiger partial charge in [-0.15, -0.1) is 0 Å². The van der Waals surface area contributed by atoms with E-state index in [1.807, 2.05) is 24.9 Å². The minimum Gasteiger partial charge on any atom is -0.488 e. The van der Waals surface area contributed by atoms with Gasteiger partial charge in [-0.3, -0.25) is 9.36 Å². The Balaban J connectivity index is 1.50. The molecule has 0 saturated carbocycles. The Morgan fingerprint density at radius 3 is 2.46 bits per heavy atom. The Morgan fingerprint density at radius 1 is 1.11 bits per heavy atom. The lowest BCUT2D eigenvalue weighted by atomic mass is 10.1. The smallest absolute Gasteiger partial charge is 0.433 e. The maximum atomic E-state index is 14.6. The van der Waals surface area contributed by atoms with Crippen LogP contribution in [0.25, 0.3) is 0 Å². The number of hydrogen-bond acceptors (Lipinski definition) is 5. The summed E-state index contributed by atoms with van der Waals surface area (Å²) >= 11 is 0. The van der Waals surface area contributed by atoms with E-state index in [4.69, 9.17) is 9.47 Å². The predicted octanol–water partition coefficient (Wildman–Crippen LogP) is 5.56. The number of benzene rings is 1. The van der Waals surface area contributed by atoms with Crippen molar-refractivity contribution in [2.75, 3.05) is 11.9 Å². The normalized spacial score (nSPS) is 14.7. The lowest BCUT2D eigenvalue weighted by Gasteiger charge is -2.28. The van der Waals surface area contributed by atoms with Crippen molar-refractivity contribution in [3.8, 4) is 17.2 Å². The van der Waals surface area contributed by atoms with Crippen LogP contribution >= 0.6 is 0 Å². The van der Waals surface area contributed by atoms with Gasteiger partial charge < -0.3 is 14.4 Å². The first-order valence-electron chi connectivity index (χ1n) is 11.0. The number of nitrogens with zero attached hydrogens (tertiary/aromatic N) is 3. The van der Waals surface area contributed by atoms with E-state index in [2.05, 4.69) is 18.8 Å². The number of likely N-dealkylation sites (N-methyl/N-ethyl adjacent to an activating group) is 1. The molecule has 1 aliphatic heterocycles. The van der Waals surface area contributed by atoms with Crippen LogP contribution in [0.1, 0.15) is 37.6 Å². The molecule has 0 atom stereocenters. The van der Waals surface area contributed by atoms with E-state index in [-0.39, 0.29) is 29.2 Å². The van der Waals surface area contributed by atoms with Crippen LogP contribution < -0.4 is 19.9 Å². The molecule has 6 nitrogen and oxygen atoms in total. The molecular weight excluding hydrogens is 466 g/mol. The molecule has 0 fully saturated rings. The maximum Gasteiger partial charge on any atom is 0.433 e. The quantitative estimate of drug-likeness (QED) is 0.423. The number of rotatable bonds is 6. The first-order chi connectivity index (χ1) is 16.4. The summed E-state index contributed by atoms with van der Waals surface area (Å²) in [5.41, 5.74) is -0.327. The Kier molecular flexibility index (Phi) is 6.25. The summed E-state index contributed by atoms with van der Waals surface area (Å²) in [7, 11) is 1.92. The third-order valence-electron chi connectivity index (χ3n) is 6.13. The number of alkyl halides is 3. The topological polar surface area (TPSA) is 56.6 Å². The first-order valence-corrected chi connectivity index (χ1v) is 11.0. The summed E-state index contributed by atoms with van der Waals surface area (Å²) in [6.07, 6.45) is -3.20. The molecule has 2 aromatic heterocycles. The summed E-state index contributed by atoms with van der Waals surface area (Å²) in [6.45, 7) is 6.58. The molecule has 3 heterocycles. The fourth-order valence-corrected chi connectivity index (χ4v) is 3.96. The van der Waals surface area contributed by atoms with Crippen molar-refractivity contribution >= 4 is 5.82 Å². The van der Waals surface area contributed by atoms with Crippen LogP contribution in [0.15, 0.2) is 47.4 Å². The van der Waals surface area contributed by atoms with Crippen LogP contribution in [-0.2, 0) is 25.7 Å². The first kappa shape index (κ1) is 24.6. The lowest BCUT2D eigenvalue weighted by Crippen LogP contribution is -2.38. The maximum absolute atomic E-state index is 14.6. The highest BCUT2D eigenvalue weighted by atomic mass is 19.4. The van der Waals surface area contributed by atoms with Crippen LogP contribution in [0, 0.1) is 5.82 Å². The Labute approximate surface area is 199 Å². The standard InChI is InChI=1S/C25H25F4N3O3/c1-5-17-20(11-22-31(4)24(2,3)14-32(22)23(17)33)34-13-15-6-8-19(18(26)10-15)35-16-7-9-21(30-12-16)25(27,28)29/h6-12H,5,13-14H2,1-4H3. The van der Waals surface area contributed by atoms with Gasteiger partial charge in [0, 0.05) is 13.1 Å². The lowest BCUT2D eigenvalue weighted by molar-refractivity contribution is -0.141. The van der Waals surface area contributed by atoms with Crippen molar-refractivity contribution in [2.45, 2.75) is 52.1 Å². The molecule has 0 amide bonds. The van der Waals surface area contributed by atoms with Crippen molar-refractivity contribution in [1.29, 1.82) is 0 Å². The van der Waals surface area contributed by atoms with Crippen LogP contribution in [0.3, 0.4) is 0 Å². The molecule has 1 aromatic carbocycles. The largest absolute Gasteiger partial charge is 0.488 e. The number of hydrogen-bond donors (Lipinski definition) is 0. The van der Waals surface area contributed by atoms with E-state index in [1.165, 1.54) is 12.1 Å². The molecule has 186 valence electrons. The average molecular weight is 491 g/mol. The molecule has 0 bridgehead atoms. The summed E-state index contributed by atoms with van der Waals surface area (Å²) < 4.78 is 65.5. The number of aromatic nitrogens is 2. The molecule has 0 N–H and O–H groups in total. The van der Waals surface area contributed by atoms with Crippen molar-refractivity contribution in [3.05, 3.63) is 75.6 Å². The summed E-state index contributed by atoms with van der Waals surface area (Å²) in [4.78, 5) is 18.3. The van der Waals surface area contributed by atoms with Gasteiger partial charge in [0.05, 0.1) is 23.8 Å². The van der Waals surface area contributed by atoms with Crippen molar-refractivity contribution in [1.82, 2.24) is 9.55 Å². The molecule has 1 aliphatic rings. The third kappa shape index (κ3) is 4.82. The number of halogens is 4. The van der Waals surface area contributed by atoms with E-state index in [1.54, 1.807) is 10.6 Å². The Morgan fingerprint density at radius 2 is 1.86 bits per heavy atom. The zero-order valence-electron chi connectivity index (χ0n) is 19.7. The highest BCUT2D eigenvalue weighted by Gasteiger charge is 2.35. The van der Waals surface area contributed by atoms with Gasteiger partial charge in [0.1, 0.15) is 29.6 Å². The molecule has 0 aliphatic carbocycles. The highest BCUT2D eigenvalue weighted by Crippen LogP contribution is 2.35. The van der Waals surface area contributed by atoms with Crippen LogP contribution in [0.2, 0.25) is 0 Å². The highest BCUT2D eigenvalue weighted by molar-refractivity contribution is 5.53. The fraction of sp³-hybridized carbons (Fsp3) is 0.360. The monoisotopic (exact) mass is 491 g/mol. The molecule has 10 heteroatoms. The number of anilines is 1. The molecular formula is C25H25F4N3O3. The van der Waals surface area contributed by atoms with Crippen molar-refractivity contribution < 1.29 is 27.0 Å². The second kappa shape index (κ2) is 8.90. The molecule has 0 saturated heterocycles. The zero-order chi connectivity index (χ0) is 25.5. The van der Waals surface area contributed by atoms with Gasteiger partial charge in [0.2, 0.25) is 0 Å². The Hall–Kier alpha value is -3.56. The second-order valence-corrected chi connectivity index (χ2v) is 8.99. The van der Waals surface area contributed by atoms with Gasteiger partial charge in [-0.05, 0) is 50.1 Å². The van der Waals surface area contributed by atoms with E-state index >= 15 is 0 Å².